The molecule has 5 nitrogen and oxygen atoms in total. The summed E-state index contributed by atoms with van der Waals surface area (Å²) in [6.45, 7) is 1.01. The molecule has 1 aromatic carbocycles. The molecule has 1 amide bonds. The van der Waals surface area contributed by atoms with Crippen LogP contribution in [0.4, 0.5) is 5.69 Å². The number of amides is 1. The second kappa shape index (κ2) is 5.53. The van der Waals surface area contributed by atoms with Crippen molar-refractivity contribution < 1.29 is 14.7 Å². The molecule has 1 unspecified atom stereocenters. The van der Waals surface area contributed by atoms with Crippen molar-refractivity contribution in [1.29, 1.82) is 0 Å². The van der Waals surface area contributed by atoms with Crippen LogP contribution in [0.25, 0.3) is 0 Å². The molecule has 1 heterocycles. The zero-order chi connectivity index (χ0) is 13.0. The van der Waals surface area contributed by atoms with Gasteiger partial charge in [0.05, 0.1) is 5.92 Å². The number of anilines is 1. The summed E-state index contributed by atoms with van der Waals surface area (Å²) in [5, 5.41) is 14.5. The van der Waals surface area contributed by atoms with E-state index in [1.165, 1.54) is 0 Å². The van der Waals surface area contributed by atoms with E-state index in [-0.39, 0.29) is 18.2 Å². The van der Waals surface area contributed by atoms with Crippen molar-refractivity contribution in [2.45, 2.75) is 18.8 Å². The highest BCUT2D eigenvalue weighted by Crippen LogP contribution is 2.30. The molecule has 1 aromatic rings. The quantitative estimate of drug-likeness (QED) is 0.684. The van der Waals surface area contributed by atoms with Gasteiger partial charge in [0.1, 0.15) is 0 Å². The maximum absolute atomic E-state index is 12.0. The Bertz CT molecular complexity index is 459. The lowest BCUT2D eigenvalue weighted by Crippen LogP contribution is -2.31. The van der Waals surface area contributed by atoms with Crippen LogP contribution in [-0.4, -0.2) is 30.1 Å². The molecule has 5 heteroatoms. The molecule has 0 aromatic heterocycles. The van der Waals surface area contributed by atoms with Gasteiger partial charge in [-0.2, -0.15) is 0 Å². The molecule has 0 saturated heterocycles. The Morgan fingerprint density at radius 2 is 2.17 bits per heavy atom. The van der Waals surface area contributed by atoms with E-state index in [0.29, 0.717) is 19.5 Å². The van der Waals surface area contributed by atoms with Crippen molar-refractivity contribution in [3.05, 3.63) is 29.8 Å². The van der Waals surface area contributed by atoms with Crippen LogP contribution in [0.5, 0.6) is 0 Å². The maximum atomic E-state index is 12.0. The topological polar surface area (TPSA) is 78.4 Å². The normalized spacial score (nSPS) is 16.8. The molecular weight excluding hydrogens is 232 g/mol. The molecule has 0 aliphatic carbocycles. The van der Waals surface area contributed by atoms with Gasteiger partial charge in [0.25, 0.3) is 0 Å². The summed E-state index contributed by atoms with van der Waals surface area (Å²) in [5.41, 5.74) is 2.01. The first-order valence-corrected chi connectivity index (χ1v) is 6.01. The SMILES string of the molecule is O=C(O)CCCNC(=O)C1CNc2ccccc21. The number of para-hydroxylation sites is 1. The van der Waals surface area contributed by atoms with Crippen molar-refractivity contribution in [2.75, 3.05) is 18.4 Å². The van der Waals surface area contributed by atoms with E-state index < -0.39 is 5.97 Å². The van der Waals surface area contributed by atoms with Gasteiger partial charge in [-0.3, -0.25) is 9.59 Å². The van der Waals surface area contributed by atoms with Crippen LogP contribution in [0.2, 0.25) is 0 Å². The van der Waals surface area contributed by atoms with Gasteiger partial charge in [-0.1, -0.05) is 18.2 Å². The number of carbonyl (C=O) groups is 2. The minimum absolute atomic E-state index is 0.0437. The number of benzene rings is 1. The van der Waals surface area contributed by atoms with Crippen LogP contribution in [0.3, 0.4) is 0 Å². The average molecular weight is 248 g/mol. The lowest BCUT2D eigenvalue weighted by Gasteiger charge is -2.10. The highest BCUT2D eigenvalue weighted by molar-refractivity contribution is 5.88. The Labute approximate surface area is 105 Å². The van der Waals surface area contributed by atoms with Gasteiger partial charge in [-0.05, 0) is 18.1 Å². The molecule has 2 rings (SSSR count). The minimum Gasteiger partial charge on any atom is -0.481 e. The monoisotopic (exact) mass is 248 g/mol. The third-order valence-electron chi connectivity index (χ3n) is 3.02. The molecule has 0 fully saturated rings. The fraction of sp³-hybridized carbons (Fsp3) is 0.385. The van der Waals surface area contributed by atoms with E-state index >= 15 is 0 Å². The number of aliphatic carboxylic acids is 1. The van der Waals surface area contributed by atoms with Gasteiger partial charge in [-0.25, -0.2) is 0 Å². The number of rotatable bonds is 5. The summed E-state index contributed by atoms with van der Waals surface area (Å²) in [6.07, 6.45) is 0.544. The summed E-state index contributed by atoms with van der Waals surface area (Å²) in [7, 11) is 0. The van der Waals surface area contributed by atoms with Gasteiger partial charge in [-0.15, -0.1) is 0 Å². The summed E-state index contributed by atoms with van der Waals surface area (Å²) < 4.78 is 0. The molecule has 96 valence electrons. The number of hydrogen-bond acceptors (Lipinski definition) is 3. The summed E-state index contributed by atoms with van der Waals surface area (Å²) in [4.78, 5) is 22.3. The fourth-order valence-corrected chi connectivity index (χ4v) is 2.09. The molecule has 0 bridgehead atoms. The zero-order valence-corrected chi connectivity index (χ0v) is 9.98. The third kappa shape index (κ3) is 2.80. The Balaban J connectivity index is 1.86. The number of nitrogens with one attached hydrogen (secondary N) is 2. The van der Waals surface area contributed by atoms with E-state index in [1.54, 1.807) is 0 Å². The summed E-state index contributed by atoms with van der Waals surface area (Å²) in [6, 6.07) is 7.74. The van der Waals surface area contributed by atoms with Gasteiger partial charge in [0, 0.05) is 25.2 Å². The second-order valence-corrected chi connectivity index (χ2v) is 4.31. The smallest absolute Gasteiger partial charge is 0.303 e. The van der Waals surface area contributed by atoms with Crippen LogP contribution in [0.1, 0.15) is 24.3 Å². The van der Waals surface area contributed by atoms with Crippen LogP contribution in [0.15, 0.2) is 24.3 Å². The Morgan fingerprint density at radius 1 is 1.39 bits per heavy atom. The van der Waals surface area contributed by atoms with Gasteiger partial charge >= 0.3 is 5.97 Å². The summed E-state index contributed by atoms with van der Waals surface area (Å²) in [5.74, 6) is -1.05. The van der Waals surface area contributed by atoms with Gasteiger partial charge in [0.2, 0.25) is 5.91 Å². The largest absolute Gasteiger partial charge is 0.481 e. The van der Waals surface area contributed by atoms with Crippen molar-refractivity contribution in [3.63, 3.8) is 0 Å². The number of carboxylic acids is 1. The second-order valence-electron chi connectivity index (χ2n) is 4.31. The van der Waals surface area contributed by atoms with E-state index in [9.17, 15) is 9.59 Å². The molecule has 18 heavy (non-hydrogen) atoms. The van der Waals surface area contributed by atoms with Crippen LogP contribution < -0.4 is 10.6 Å². The van der Waals surface area contributed by atoms with Gasteiger partial charge in [0.15, 0.2) is 0 Å². The number of carboxylic acid groups (broad SMARTS) is 1. The average Bonchev–Trinajstić information content (AvgIpc) is 2.78. The third-order valence-corrected chi connectivity index (χ3v) is 3.02. The Hall–Kier alpha value is -2.04. The number of hydrogen-bond donors (Lipinski definition) is 3. The highest BCUT2D eigenvalue weighted by Gasteiger charge is 2.27. The lowest BCUT2D eigenvalue weighted by molar-refractivity contribution is -0.137. The Kier molecular flexibility index (Phi) is 3.82. The molecule has 1 atom stereocenters. The Morgan fingerprint density at radius 3 is 2.94 bits per heavy atom. The zero-order valence-electron chi connectivity index (χ0n) is 9.98. The number of carbonyl (C=O) groups excluding carboxylic acids is 1. The van der Waals surface area contributed by atoms with Crippen LogP contribution >= 0.6 is 0 Å². The molecule has 1 aliphatic heterocycles. The first-order chi connectivity index (χ1) is 8.68. The molecule has 1 aliphatic rings. The minimum atomic E-state index is -0.836. The van der Waals surface area contributed by atoms with Crippen LogP contribution in [0, 0.1) is 0 Å². The first-order valence-electron chi connectivity index (χ1n) is 6.01. The van der Waals surface area contributed by atoms with Crippen molar-refractivity contribution in [2.24, 2.45) is 0 Å². The fourth-order valence-electron chi connectivity index (χ4n) is 2.09. The standard InChI is InChI=1S/C13H16N2O3/c16-12(17)6-3-7-14-13(18)10-8-15-11-5-2-1-4-9(10)11/h1-2,4-5,10,15H,3,6-8H2,(H,14,18)(H,16,17). The first kappa shape index (κ1) is 12.4. The van der Waals surface area contributed by atoms with Crippen LogP contribution in [-0.2, 0) is 9.59 Å². The maximum Gasteiger partial charge on any atom is 0.303 e. The highest BCUT2D eigenvalue weighted by atomic mass is 16.4. The van der Waals surface area contributed by atoms with Gasteiger partial charge < -0.3 is 15.7 Å². The van der Waals surface area contributed by atoms with Crippen molar-refractivity contribution in [3.8, 4) is 0 Å². The molecule has 3 N–H and O–H groups in total. The van der Waals surface area contributed by atoms with E-state index in [0.717, 1.165) is 11.3 Å². The predicted molar refractivity (Wildman–Crippen MR) is 67.6 cm³/mol. The van der Waals surface area contributed by atoms with E-state index in [4.69, 9.17) is 5.11 Å². The predicted octanol–water partition coefficient (Wildman–Crippen LogP) is 1.18. The van der Waals surface area contributed by atoms with Crippen molar-refractivity contribution in [1.82, 2.24) is 5.32 Å². The van der Waals surface area contributed by atoms with E-state index in [1.807, 2.05) is 24.3 Å². The summed E-state index contributed by atoms with van der Waals surface area (Å²) >= 11 is 0. The number of fused-ring (bicyclic) bond motifs is 1. The van der Waals surface area contributed by atoms with E-state index in [2.05, 4.69) is 10.6 Å². The van der Waals surface area contributed by atoms with Crippen molar-refractivity contribution >= 4 is 17.6 Å². The molecule has 0 spiro atoms. The molecular formula is C13H16N2O3. The molecule has 0 radical (unpaired) electrons. The molecule has 0 saturated carbocycles. The lowest BCUT2D eigenvalue weighted by atomic mass is 10.0.